The van der Waals surface area contributed by atoms with Crippen LogP contribution in [0.3, 0.4) is 0 Å². The van der Waals surface area contributed by atoms with Crippen LogP contribution < -0.4 is 9.80 Å². The molecular formula is C27H33N2-. The van der Waals surface area contributed by atoms with Crippen LogP contribution in [0.1, 0.15) is 25.0 Å². The summed E-state index contributed by atoms with van der Waals surface area (Å²) in [6, 6.07) is 17.2. The van der Waals surface area contributed by atoms with Crippen molar-refractivity contribution in [2.45, 2.75) is 27.7 Å². The topological polar surface area (TPSA) is 6.48 Å². The molecule has 0 aliphatic rings. The Hall–Kier alpha value is -3.13. The maximum Gasteiger partial charge on any atom is 0.0406 e. The largest absolute Gasteiger partial charge is 0.401 e. The zero-order valence-electron chi connectivity index (χ0n) is 18.1. The molecule has 2 aromatic rings. The molecule has 0 N–H and O–H groups in total. The van der Waals surface area contributed by atoms with Crippen LogP contribution in [0.5, 0.6) is 0 Å². The minimum Gasteiger partial charge on any atom is -0.401 e. The molecule has 2 aromatic carbocycles. The predicted molar refractivity (Wildman–Crippen MR) is 129 cm³/mol. The fourth-order valence-electron chi connectivity index (χ4n) is 2.85. The number of aryl methyl sites for hydroxylation is 2. The van der Waals surface area contributed by atoms with Gasteiger partial charge in [-0.05, 0) is 58.0 Å². The summed E-state index contributed by atoms with van der Waals surface area (Å²) in [5.74, 6) is 0. The van der Waals surface area contributed by atoms with Gasteiger partial charge in [-0.1, -0.05) is 47.7 Å². The molecule has 0 saturated carbocycles. The van der Waals surface area contributed by atoms with Crippen molar-refractivity contribution in [2.24, 2.45) is 0 Å². The summed E-state index contributed by atoms with van der Waals surface area (Å²) >= 11 is 0. The van der Waals surface area contributed by atoms with E-state index in [-0.39, 0.29) is 0 Å². The highest BCUT2D eigenvalue weighted by Gasteiger charge is 1.98. The van der Waals surface area contributed by atoms with Gasteiger partial charge in [-0.25, -0.2) is 0 Å². The second-order valence-corrected chi connectivity index (χ2v) is 6.89. The first-order valence-electron chi connectivity index (χ1n) is 10.3. The Balaban J connectivity index is 1.79. The molecule has 0 heterocycles. The molecule has 0 aliphatic heterocycles. The van der Waals surface area contributed by atoms with E-state index < -0.39 is 0 Å². The lowest BCUT2D eigenvalue weighted by molar-refractivity contribution is 1.01. The average molecular weight is 386 g/mol. The Bertz CT molecular complexity index is 824. The van der Waals surface area contributed by atoms with Crippen LogP contribution in [0.2, 0.25) is 0 Å². The molecule has 0 saturated heterocycles. The third-order valence-corrected chi connectivity index (χ3v) is 4.61. The van der Waals surface area contributed by atoms with E-state index >= 15 is 0 Å². The van der Waals surface area contributed by atoms with Gasteiger partial charge in [0, 0.05) is 30.7 Å². The number of hydrogen-bond donors (Lipinski definition) is 0. The van der Waals surface area contributed by atoms with Gasteiger partial charge in [-0.2, -0.15) is 24.6 Å². The van der Waals surface area contributed by atoms with E-state index in [0.717, 1.165) is 13.1 Å². The first-order chi connectivity index (χ1) is 14.1. The summed E-state index contributed by atoms with van der Waals surface area (Å²) < 4.78 is 0. The van der Waals surface area contributed by atoms with E-state index in [9.17, 15) is 0 Å². The Kier molecular flexibility index (Phi) is 9.44. The van der Waals surface area contributed by atoms with Gasteiger partial charge in [0.1, 0.15) is 0 Å². The average Bonchev–Trinajstić information content (AvgIpc) is 2.74. The van der Waals surface area contributed by atoms with Gasteiger partial charge in [-0.15, -0.1) is 6.08 Å². The van der Waals surface area contributed by atoms with E-state index in [2.05, 4.69) is 123 Å². The summed E-state index contributed by atoms with van der Waals surface area (Å²) in [5, 5.41) is 0. The number of nitrogens with zero attached hydrogens (tertiary/aromatic N) is 2. The van der Waals surface area contributed by atoms with Crippen molar-refractivity contribution in [1.29, 1.82) is 0 Å². The Morgan fingerprint density at radius 1 is 0.621 bits per heavy atom. The Labute approximate surface area is 177 Å². The first kappa shape index (κ1) is 22.2. The fraction of sp³-hybridized carbons (Fsp3) is 0.222. The molecule has 152 valence electrons. The fourth-order valence-corrected chi connectivity index (χ4v) is 2.85. The van der Waals surface area contributed by atoms with Gasteiger partial charge in [0.25, 0.3) is 0 Å². The molecule has 0 aliphatic carbocycles. The quantitative estimate of drug-likeness (QED) is 0.321. The van der Waals surface area contributed by atoms with Crippen LogP contribution in [-0.2, 0) is 0 Å². The highest BCUT2D eigenvalue weighted by atomic mass is 15.1. The van der Waals surface area contributed by atoms with E-state index in [1.807, 2.05) is 18.2 Å². The molecule has 0 bridgehead atoms. The van der Waals surface area contributed by atoms with Gasteiger partial charge < -0.3 is 9.80 Å². The highest BCUT2D eigenvalue weighted by molar-refractivity contribution is 5.51. The van der Waals surface area contributed by atoms with E-state index in [4.69, 9.17) is 0 Å². The predicted octanol–water partition coefficient (Wildman–Crippen LogP) is 7.00. The summed E-state index contributed by atoms with van der Waals surface area (Å²) in [6.07, 6.45) is 18.6. The van der Waals surface area contributed by atoms with Gasteiger partial charge in [-0.3, -0.25) is 0 Å². The van der Waals surface area contributed by atoms with Crippen LogP contribution in [0.25, 0.3) is 0 Å². The Morgan fingerprint density at radius 3 is 1.62 bits per heavy atom. The molecule has 0 spiro atoms. The summed E-state index contributed by atoms with van der Waals surface area (Å²) in [7, 11) is 0. The van der Waals surface area contributed by atoms with Crippen molar-refractivity contribution < 1.29 is 0 Å². The monoisotopic (exact) mass is 385 g/mol. The second-order valence-electron chi connectivity index (χ2n) is 6.89. The molecule has 0 aromatic heterocycles. The molecule has 2 nitrogen and oxygen atoms in total. The van der Waals surface area contributed by atoms with Crippen LogP contribution in [-0.4, -0.2) is 13.1 Å². The minimum absolute atomic E-state index is 0.941. The van der Waals surface area contributed by atoms with E-state index in [1.165, 1.54) is 22.5 Å². The molecule has 0 fully saturated rings. The normalized spacial score (nSPS) is 11.9. The molecule has 2 heteroatoms. The zero-order chi connectivity index (χ0) is 20.9. The summed E-state index contributed by atoms with van der Waals surface area (Å²) in [4.78, 5) is 4.46. The number of allylic oxidation sites excluding steroid dienone is 6. The summed E-state index contributed by atoms with van der Waals surface area (Å²) in [5.41, 5.74) is 4.99. The molecule has 2 rings (SSSR count). The van der Waals surface area contributed by atoms with Crippen molar-refractivity contribution in [3.05, 3.63) is 115 Å². The van der Waals surface area contributed by atoms with Crippen LogP contribution in [0, 0.1) is 20.3 Å². The molecule has 0 amide bonds. The standard InChI is InChI=1S/C27H33N2/c1-5-28(26-18-14-24(3)15-19-26)22-12-10-8-7-9-11-13-23-29(6-2)27-20-16-25(4)17-21-27/h7-23H,5-6H2,1-4H3/q-1. The van der Waals surface area contributed by atoms with Crippen molar-refractivity contribution in [1.82, 2.24) is 0 Å². The number of rotatable bonds is 10. The molecule has 0 atom stereocenters. The van der Waals surface area contributed by atoms with E-state index in [0.29, 0.717) is 0 Å². The molecule has 0 unspecified atom stereocenters. The van der Waals surface area contributed by atoms with Crippen LogP contribution in [0.15, 0.2) is 97.4 Å². The van der Waals surface area contributed by atoms with Crippen molar-refractivity contribution >= 4 is 11.4 Å². The lowest BCUT2D eigenvalue weighted by Gasteiger charge is -2.22. The summed E-state index contributed by atoms with van der Waals surface area (Å²) in [6.45, 7) is 10.4. The minimum atomic E-state index is 0.941. The Morgan fingerprint density at radius 2 is 1.10 bits per heavy atom. The highest BCUT2D eigenvalue weighted by Crippen LogP contribution is 2.16. The number of hydrogen-bond acceptors (Lipinski definition) is 2. The van der Waals surface area contributed by atoms with Crippen molar-refractivity contribution in [3.63, 3.8) is 0 Å². The van der Waals surface area contributed by atoms with Crippen LogP contribution >= 0.6 is 0 Å². The van der Waals surface area contributed by atoms with Gasteiger partial charge in [0.15, 0.2) is 0 Å². The van der Waals surface area contributed by atoms with Gasteiger partial charge in [0.2, 0.25) is 0 Å². The second kappa shape index (κ2) is 12.4. The SMILES string of the molecule is CCN(C=CC=CC=C[CH-]C=CN(CC)c1ccc(C)cc1)c1ccc(C)cc1. The molecule has 29 heavy (non-hydrogen) atoms. The maximum atomic E-state index is 2.23. The zero-order valence-corrected chi connectivity index (χ0v) is 18.1. The smallest absolute Gasteiger partial charge is 0.0406 e. The molecular weight excluding hydrogens is 352 g/mol. The van der Waals surface area contributed by atoms with Gasteiger partial charge in [0.05, 0.1) is 0 Å². The maximum absolute atomic E-state index is 2.23. The van der Waals surface area contributed by atoms with E-state index in [1.54, 1.807) is 0 Å². The van der Waals surface area contributed by atoms with Crippen LogP contribution in [0.4, 0.5) is 11.4 Å². The van der Waals surface area contributed by atoms with Gasteiger partial charge >= 0.3 is 0 Å². The van der Waals surface area contributed by atoms with Crippen molar-refractivity contribution in [3.8, 4) is 0 Å². The lowest BCUT2D eigenvalue weighted by atomic mass is 10.2. The number of anilines is 2. The first-order valence-corrected chi connectivity index (χ1v) is 10.3. The molecule has 0 radical (unpaired) electrons. The van der Waals surface area contributed by atoms with Crippen molar-refractivity contribution in [2.75, 3.05) is 22.9 Å². The third kappa shape index (κ3) is 7.79. The number of benzene rings is 2. The third-order valence-electron chi connectivity index (χ3n) is 4.61. The lowest BCUT2D eigenvalue weighted by Crippen LogP contribution is -2.14.